The second-order valence-corrected chi connectivity index (χ2v) is 5.07. The highest BCUT2D eigenvalue weighted by molar-refractivity contribution is 6.37. The SMILES string of the molecule is CCC(C)c1nc(Cl)c(-c2ccc(F)cc2)c(Cl)n1. The molecule has 0 aliphatic heterocycles. The van der Waals surface area contributed by atoms with E-state index in [9.17, 15) is 4.39 Å². The fraction of sp³-hybridized carbons (Fsp3) is 0.286. The van der Waals surface area contributed by atoms with Crippen LogP contribution in [0, 0.1) is 5.82 Å². The molecular weight excluding hydrogens is 286 g/mol. The van der Waals surface area contributed by atoms with Crippen molar-refractivity contribution in [3.63, 3.8) is 0 Å². The number of halogens is 3. The lowest BCUT2D eigenvalue weighted by molar-refractivity contribution is 0.628. The fourth-order valence-electron chi connectivity index (χ4n) is 1.68. The number of hydrogen-bond donors (Lipinski definition) is 0. The Labute approximate surface area is 121 Å². The van der Waals surface area contributed by atoms with Crippen LogP contribution in [0.25, 0.3) is 11.1 Å². The van der Waals surface area contributed by atoms with Crippen molar-refractivity contribution in [2.75, 3.05) is 0 Å². The van der Waals surface area contributed by atoms with Gasteiger partial charge in [-0.2, -0.15) is 0 Å². The third-order valence-corrected chi connectivity index (χ3v) is 3.57. The third kappa shape index (κ3) is 3.04. The Morgan fingerprint density at radius 1 is 1.11 bits per heavy atom. The van der Waals surface area contributed by atoms with E-state index in [0.717, 1.165) is 6.42 Å². The van der Waals surface area contributed by atoms with Crippen LogP contribution in [-0.4, -0.2) is 9.97 Å². The Kier molecular flexibility index (Phi) is 4.38. The molecular formula is C14H13Cl2FN2. The van der Waals surface area contributed by atoms with Gasteiger partial charge in [0.1, 0.15) is 21.9 Å². The number of rotatable bonds is 3. The summed E-state index contributed by atoms with van der Waals surface area (Å²) in [5.74, 6) is 0.508. The smallest absolute Gasteiger partial charge is 0.142 e. The quantitative estimate of drug-likeness (QED) is 0.737. The predicted molar refractivity (Wildman–Crippen MR) is 76.2 cm³/mol. The van der Waals surface area contributed by atoms with E-state index in [2.05, 4.69) is 9.97 Å². The molecule has 1 aromatic heterocycles. The fourth-order valence-corrected chi connectivity index (χ4v) is 2.30. The average molecular weight is 299 g/mol. The minimum atomic E-state index is -0.312. The molecule has 0 amide bonds. The molecule has 19 heavy (non-hydrogen) atoms. The Morgan fingerprint density at radius 2 is 1.63 bits per heavy atom. The minimum absolute atomic E-state index is 0.192. The molecule has 0 bridgehead atoms. The van der Waals surface area contributed by atoms with E-state index in [1.165, 1.54) is 12.1 Å². The van der Waals surface area contributed by atoms with Crippen LogP contribution in [0.15, 0.2) is 24.3 Å². The van der Waals surface area contributed by atoms with Crippen molar-refractivity contribution in [2.45, 2.75) is 26.2 Å². The Balaban J connectivity index is 2.50. The highest BCUT2D eigenvalue weighted by atomic mass is 35.5. The van der Waals surface area contributed by atoms with Gasteiger partial charge in [-0.25, -0.2) is 14.4 Å². The van der Waals surface area contributed by atoms with Crippen molar-refractivity contribution in [3.8, 4) is 11.1 Å². The summed E-state index contributed by atoms with van der Waals surface area (Å²) >= 11 is 12.4. The lowest BCUT2D eigenvalue weighted by atomic mass is 10.1. The second kappa shape index (κ2) is 5.85. The lowest BCUT2D eigenvalue weighted by Gasteiger charge is -2.11. The summed E-state index contributed by atoms with van der Waals surface area (Å²) in [5.41, 5.74) is 1.24. The van der Waals surface area contributed by atoms with Crippen molar-refractivity contribution in [1.29, 1.82) is 0 Å². The van der Waals surface area contributed by atoms with Crippen molar-refractivity contribution < 1.29 is 4.39 Å². The maximum Gasteiger partial charge on any atom is 0.142 e. The molecule has 0 aliphatic carbocycles. The lowest BCUT2D eigenvalue weighted by Crippen LogP contribution is -2.02. The molecule has 2 aromatic rings. The van der Waals surface area contributed by atoms with Gasteiger partial charge in [0.2, 0.25) is 0 Å². The first kappa shape index (κ1) is 14.2. The van der Waals surface area contributed by atoms with Crippen LogP contribution in [-0.2, 0) is 0 Å². The standard InChI is InChI=1S/C14H13Cl2FN2/c1-3-8(2)14-18-12(15)11(13(16)19-14)9-4-6-10(17)7-5-9/h4-8H,3H2,1-2H3. The Hall–Kier alpha value is -1.19. The van der Waals surface area contributed by atoms with Crippen LogP contribution in [0.2, 0.25) is 10.3 Å². The molecule has 0 N–H and O–H groups in total. The van der Waals surface area contributed by atoms with Gasteiger partial charge in [-0.1, -0.05) is 49.2 Å². The van der Waals surface area contributed by atoms with Gasteiger partial charge in [0, 0.05) is 5.92 Å². The highest BCUT2D eigenvalue weighted by Gasteiger charge is 2.16. The average Bonchev–Trinajstić information content (AvgIpc) is 2.39. The van der Waals surface area contributed by atoms with E-state index in [-0.39, 0.29) is 11.7 Å². The molecule has 1 atom stereocenters. The summed E-state index contributed by atoms with van der Waals surface area (Å²) in [4.78, 5) is 8.56. The van der Waals surface area contributed by atoms with E-state index >= 15 is 0 Å². The monoisotopic (exact) mass is 298 g/mol. The zero-order chi connectivity index (χ0) is 14.0. The predicted octanol–water partition coefficient (Wildman–Crippen LogP) is 5.10. The molecule has 2 rings (SSSR count). The Bertz CT molecular complexity index is 561. The van der Waals surface area contributed by atoms with E-state index in [1.807, 2.05) is 13.8 Å². The summed E-state index contributed by atoms with van der Waals surface area (Å²) in [5, 5.41) is 0.587. The van der Waals surface area contributed by atoms with Gasteiger partial charge in [0.15, 0.2) is 0 Å². The van der Waals surface area contributed by atoms with Crippen molar-refractivity contribution in [2.24, 2.45) is 0 Å². The molecule has 0 saturated heterocycles. The molecule has 0 fully saturated rings. The summed E-state index contributed by atoms with van der Waals surface area (Å²) in [6, 6.07) is 5.92. The van der Waals surface area contributed by atoms with Crippen LogP contribution >= 0.6 is 23.2 Å². The molecule has 1 aromatic carbocycles. The summed E-state index contributed by atoms with van der Waals surface area (Å²) in [6.45, 7) is 4.06. The van der Waals surface area contributed by atoms with Crippen molar-refractivity contribution in [3.05, 3.63) is 46.2 Å². The first-order valence-corrected chi connectivity index (χ1v) is 6.77. The normalized spacial score (nSPS) is 12.5. The van der Waals surface area contributed by atoms with Gasteiger partial charge >= 0.3 is 0 Å². The molecule has 0 saturated carbocycles. The number of aromatic nitrogens is 2. The largest absolute Gasteiger partial charge is 0.220 e. The summed E-state index contributed by atoms with van der Waals surface area (Å²) in [7, 11) is 0. The molecule has 0 aliphatic rings. The van der Waals surface area contributed by atoms with Gasteiger partial charge in [-0.05, 0) is 24.1 Å². The van der Waals surface area contributed by atoms with Crippen molar-refractivity contribution >= 4 is 23.2 Å². The Morgan fingerprint density at radius 3 is 2.11 bits per heavy atom. The van der Waals surface area contributed by atoms with Crippen LogP contribution in [0.3, 0.4) is 0 Å². The molecule has 1 unspecified atom stereocenters. The van der Waals surface area contributed by atoms with Gasteiger partial charge in [-0.15, -0.1) is 0 Å². The van der Waals surface area contributed by atoms with E-state index in [4.69, 9.17) is 23.2 Å². The second-order valence-electron chi connectivity index (χ2n) is 4.35. The van der Waals surface area contributed by atoms with Crippen LogP contribution in [0.1, 0.15) is 32.0 Å². The van der Waals surface area contributed by atoms with Crippen LogP contribution in [0.4, 0.5) is 4.39 Å². The topological polar surface area (TPSA) is 25.8 Å². The highest BCUT2D eigenvalue weighted by Crippen LogP contribution is 2.33. The maximum absolute atomic E-state index is 12.9. The van der Waals surface area contributed by atoms with Gasteiger partial charge in [0.05, 0.1) is 5.56 Å². The van der Waals surface area contributed by atoms with Gasteiger partial charge in [0.25, 0.3) is 0 Å². The molecule has 0 radical (unpaired) electrons. The van der Waals surface area contributed by atoms with E-state index < -0.39 is 0 Å². The summed E-state index contributed by atoms with van der Waals surface area (Å²) < 4.78 is 12.9. The van der Waals surface area contributed by atoms with Crippen molar-refractivity contribution in [1.82, 2.24) is 9.97 Å². The molecule has 5 heteroatoms. The number of hydrogen-bond acceptors (Lipinski definition) is 2. The first-order valence-electron chi connectivity index (χ1n) is 6.01. The number of benzene rings is 1. The summed E-state index contributed by atoms with van der Waals surface area (Å²) in [6.07, 6.45) is 0.905. The molecule has 100 valence electrons. The zero-order valence-electron chi connectivity index (χ0n) is 10.6. The van der Waals surface area contributed by atoms with E-state index in [0.29, 0.717) is 27.3 Å². The van der Waals surface area contributed by atoms with E-state index in [1.54, 1.807) is 12.1 Å². The zero-order valence-corrected chi connectivity index (χ0v) is 12.1. The third-order valence-electron chi connectivity index (χ3n) is 3.02. The molecule has 0 spiro atoms. The maximum atomic E-state index is 12.9. The first-order chi connectivity index (χ1) is 9.02. The van der Waals surface area contributed by atoms with Gasteiger partial charge in [-0.3, -0.25) is 0 Å². The minimum Gasteiger partial charge on any atom is -0.220 e. The molecule has 2 nitrogen and oxygen atoms in total. The number of nitrogens with zero attached hydrogens (tertiary/aromatic N) is 2. The van der Waals surface area contributed by atoms with Crippen LogP contribution < -0.4 is 0 Å². The molecule has 1 heterocycles. The van der Waals surface area contributed by atoms with Gasteiger partial charge < -0.3 is 0 Å². The van der Waals surface area contributed by atoms with Crippen LogP contribution in [0.5, 0.6) is 0 Å².